The molecule has 112 valence electrons. The third-order valence-electron chi connectivity index (χ3n) is 2.98. The van der Waals surface area contributed by atoms with Crippen LogP contribution in [0.5, 0.6) is 0 Å². The second kappa shape index (κ2) is 6.07. The Morgan fingerprint density at radius 3 is 2.95 bits per heavy atom. The van der Waals surface area contributed by atoms with Crippen molar-refractivity contribution in [3.63, 3.8) is 0 Å². The van der Waals surface area contributed by atoms with E-state index in [4.69, 9.17) is 5.73 Å². The molecule has 0 aliphatic rings. The Kier molecular flexibility index (Phi) is 4.21. The van der Waals surface area contributed by atoms with Gasteiger partial charge in [0, 0.05) is 24.7 Å². The molecule has 1 amide bonds. The van der Waals surface area contributed by atoms with Crippen LogP contribution in [0, 0.1) is 10.1 Å². The highest BCUT2D eigenvalue weighted by atomic mass is 16.6. The normalized spacial score (nSPS) is 10.5. The summed E-state index contributed by atoms with van der Waals surface area (Å²) in [6, 6.07) is 1.27. The highest BCUT2D eigenvalue weighted by Gasteiger charge is 2.19. The average molecular weight is 292 g/mol. The SMILES string of the molecule is CCCn1cc([N+](=O)[O-])cc1C(=O)NCc1cn[nH]c1N. The molecule has 0 aliphatic heterocycles. The van der Waals surface area contributed by atoms with Gasteiger partial charge >= 0.3 is 0 Å². The van der Waals surface area contributed by atoms with Gasteiger partial charge in [-0.15, -0.1) is 0 Å². The van der Waals surface area contributed by atoms with E-state index in [9.17, 15) is 14.9 Å². The molecule has 0 aliphatic carbocycles. The molecule has 4 N–H and O–H groups in total. The van der Waals surface area contributed by atoms with Crippen LogP contribution >= 0.6 is 0 Å². The van der Waals surface area contributed by atoms with Gasteiger partial charge in [0.2, 0.25) is 0 Å². The number of nitrogens with two attached hydrogens (primary N) is 1. The monoisotopic (exact) mass is 292 g/mol. The Balaban J connectivity index is 2.14. The summed E-state index contributed by atoms with van der Waals surface area (Å²) < 4.78 is 1.58. The van der Waals surface area contributed by atoms with E-state index in [-0.39, 0.29) is 17.9 Å². The lowest BCUT2D eigenvalue weighted by Gasteiger charge is -2.07. The molecule has 0 saturated carbocycles. The molecule has 0 fully saturated rings. The minimum Gasteiger partial charge on any atom is -0.384 e. The summed E-state index contributed by atoms with van der Waals surface area (Å²) in [5, 5.41) is 19.8. The van der Waals surface area contributed by atoms with Gasteiger partial charge in [0.15, 0.2) is 0 Å². The van der Waals surface area contributed by atoms with E-state index in [1.165, 1.54) is 18.5 Å². The number of nitrogen functional groups attached to an aromatic ring is 1. The summed E-state index contributed by atoms with van der Waals surface area (Å²) in [5.41, 5.74) is 6.44. The number of carbonyl (C=O) groups is 1. The molecule has 0 saturated heterocycles. The first kappa shape index (κ1) is 14.6. The van der Waals surface area contributed by atoms with Gasteiger partial charge in [-0.3, -0.25) is 20.0 Å². The van der Waals surface area contributed by atoms with Crippen LogP contribution in [0.4, 0.5) is 11.5 Å². The topological polar surface area (TPSA) is 132 Å². The van der Waals surface area contributed by atoms with Crippen molar-refractivity contribution in [1.82, 2.24) is 20.1 Å². The lowest BCUT2D eigenvalue weighted by Crippen LogP contribution is -2.25. The van der Waals surface area contributed by atoms with Gasteiger partial charge in [-0.2, -0.15) is 5.10 Å². The smallest absolute Gasteiger partial charge is 0.287 e. The zero-order valence-corrected chi connectivity index (χ0v) is 11.5. The molecule has 0 spiro atoms. The van der Waals surface area contributed by atoms with Crippen molar-refractivity contribution in [2.24, 2.45) is 0 Å². The maximum Gasteiger partial charge on any atom is 0.287 e. The Hall–Kier alpha value is -2.84. The molecule has 9 nitrogen and oxygen atoms in total. The van der Waals surface area contributed by atoms with E-state index in [0.29, 0.717) is 17.9 Å². The zero-order valence-electron chi connectivity index (χ0n) is 11.5. The lowest BCUT2D eigenvalue weighted by molar-refractivity contribution is -0.384. The molecule has 0 atom stereocenters. The van der Waals surface area contributed by atoms with Crippen molar-refractivity contribution in [2.45, 2.75) is 26.4 Å². The fraction of sp³-hybridized carbons (Fsp3) is 0.333. The number of nitrogens with one attached hydrogen (secondary N) is 2. The Morgan fingerprint density at radius 2 is 2.38 bits per heavy atom. The summed E-state index contributed by atoms with van der Waals surface area (Å²) in [6.07, 6.45) is 3.65. The van der Waals surface area contributed by atoms with E-state index in [1.807, 2.05) is 6.92 Å². The summed E-state index contributed by atoms with van der Waals surface area (Å²) >= 11 is 0. The standard InChI is InChI=1S/C12H16N6O3/c1-2-3-17-7-9(18(20)21)4-10(17)12(19)14-5-8-6-15-16-11(8)13/h4,6-7H,2-3,5H2,1H3,(H,14,19)(H3,13,15,16). The van der Waals surface area contributed by atoms with Crippen LogP contribution in [0.15, 0.2) is 18.5 Å². The molecule has 9 heteroatoms. The molecule has 0 bridgehead atoms. The Bertz CT molecular complexity index is 660. The number of amides is 1. The third-order valence-corrected chi connectivity index (χ3v) is 2.98. The molecule has 2 rings (SSSR count). The van der Waals surface area contributed by atoms with Gasteiger partial charge in [0.05, 0.1) is 17.3 Å². The Morgan fingerprint density at radius 1 is 1.62 bits per heavy atom. The number of carbonyl (C=O) groups excluding carboxylic acids is 1. The highest BCUT2D eigenvalue weighted by molar-refractivity contribution is 5.93. The second-order valence-corrected chi connectivity index (χ2v) is 4.53. The number of H-pyrrole nitrogens is 1. The average Bonchev–Trinajstić information content (AvgIpc) is 3.03. The third kappa shape index (κ3) is 3.19. The molecule has 0 radical (unpaired) electrons. The number of rotatable bonds is 6. The van der Waals surface area contributed by atoms with Gasteiger partial charge in [0.25, 0.3) is 11.6 Å². The van der Waals surface area contributed by atoms with Crippen LogP contribution in [-0.2, 0) is 13.1 Å². The quantitative estimate of drug-likeness (QED) is 0.540. The first-order valence-corrected chi connectivity index (χ1v) is 6.43. The summed E-state index contributed by atoms with van der Waals surface area (Å²) in [6.45, 7) is 2.66. The highest BCUT2D eigenvalue weighted by Crippen LogP contribution is 2.17. The molecule has 21 heavy (non-hydrogen) atoms. The predicted molar refractivity (Wildman–Crippen MR) is 75.5 cm³/mol. The maximum atomic E-state index is 12.2. The first-order chi connectivity index (χ1) is 10.0. The maximum absolute atomic E-state index is 12.2. The largest absolute Gasteiger partial charge is 0.384 e. The number of hydrogen-bond donors (Lipinski definition) is 3. The van der Waals surface area contributed by atoms with Crippen molar-refractivity contribution in [1.29, 1.82) is 0 Å². The van der Waals surface area contributed by atoms with E-state index < -0.39 is 10.8 Å². The van der Waals surface area contributed by atoms with Crippen LogP contribution in [-0.4, -0.2) is 25.6 Å². The molecule has 2 aromatic rings. The van der Waals surface area contributed by atoms with Crippen molar-refractivity contribution >= 4 is 17.4 Å². The molecule has 2 aromatic heterocycles. The minimum atomic E-state index is -0.517. The molecule has 0 aromatic carbocycles. The van der Waals surface area contributed by atoms with Crippen molar-refractivity contribution < 1.29 is 9.72 Å². The van der Waals surface area contributed by atoms with Gasteiger partial charge in [-0.05, 0) is 6.42 Å². The van der Waals surface area contributed by atoms with Crippen LogP contribution in [0.2, 0.25) is 0 Å². The van der Waals surface area contributed by atoms with Crippen LogP contribution in [0.25, 0.3) is 0 Å². The van der Waals surface area contributed by atoms with Crippen molar-refractivity contribution in [2.75, 3.05) is 5.73 Å². The van der Waals surface area contributed by atoms with E-state index in [0.717, 1.165) is 6.42 Å². The van der Waals surface area contributed by atoms with Gasteiger partial charge in [-0.1, -0.05) is 6.92 Å². The number of hydrogen-bond acceptors (Lipinski definition) is 5. The molecule has 2 heterocycles. The number of anilines is 1. The Labute approximate surface area is 120 Å². The fourth-order valence-electron chi connectivity index (χ4n) is 1.94. The van der Waals surface area contributed by atoms with Gasteiger partial charge in [0.1, 0.15) is 11.5 Å². The number of aromatic nitrogens is 3. The van der Waals surface area contributed by atoms with Gasteiger partial charge in [-0.25, -0.2) is 0 Å². The second-order valence-electron chi connectivity index (χ2n) is 4.53. The van der Waals surface area contributed by atoms with E-state index in [1.54, 1.807) is 4.57 Å². The minimum absolute atomic E-state index is 0.101. The van der Waals surface area contributed by atoms with Crippen LogP contribution in [0.1, 0.15) is 29.4 Å². The first-order valence-electron chi connectivity index (χ1n) is 6.43. The zero-order chi connectivity index (χ0) is 15.4. The lowest BCUT2D eigenvalue weighted by atomic mass is 10.3. The van der Waals surface area contributed by atoms with Crippen molar-refractivity contribution in [3.05, 3.63) is 39.8 Å². The fourth-order valence-corrected chi connectivity index (χ4v) is 1.94. The number of aromatic amines is 1. The van der Waals surface area contributed by atoms with Crippen LogP contribution in [0.3, 0.4) is 0 Å². The van der Waals surface area contributed by atoms with Gasteiger partial charge < -0.3 is 15.6 Å². The predicted octanol–water partition coefficient (Wildman–Crippen LogP) is 1.04. The summed E-state index contributed by atoms with van der Waals surface area (Å²) in [7, 11) is 0. The summed E-state index contributed by atoms with van der Waals surface area (Å²) in [4.78, 5) is 22.5. The van der Waals surface area contributed by atoms with Crippen LogP contribution < -0.4 is 11.1 Å². The number of aryl methyl sites for hydroxylation is 1. The number of nitro groups is 1. The molecule has 0 unspecified atom stereocenters. The number of nitrogens with zero attached hydrogens (tertiary/aromatic N) is 3. The molecular formula is C12H16N6O3. The van der Waals surface area contributed by atoms with E-state index >= 15 is 0 Å². The summed E-state index contributed by atoms with van der Waals surface area (Å²) in [5.74, 6) is -0.0117. The van der Waals surface area contributed by atoms with E-state index in [2.05, 4.69) is 15.5 Å². The van der Waals surface area contributed by atoms with Crippen molar-refractivity contribution in [3.8, 4) is 0 Å². The molecular weight excluding hydrogens is 276 g/mol.